The minimum Gasteiger partial charge on any atom is -0.369 e. The van der Waals surface area contributed by atoms with Crippen molar-refractivity contribution in [2.75, 3.05) is 33.7 Å². The van der Waals surface area contributed by atoms with Crippen LogP contribution in [0.5, 0.6) is 0 Å². The number of hydrogen-bond donors (Lipinski definition) is 4. The van der Waals surface area contributed by atoms with Crippen molar-refractivity contribution >= 4 is 23.6 Å². The summed E-state index contributed by atoms with van der Waals surface area (Å²) >= 11 is 0. The maximum atomic E-state index is 13.0. The van der Waals surface area contributed by atoms with Gasteiger partial charge in [-0.2, -0.15) is 0 Å². The van der Waals surface area contributed by atoms with Crippen LogP contribution in [0.3, 0.4) is 0 Å². The molecule has 6 N–H and O–H groups in total. The summed E-state index contributed by atoms with van der Waals surface area (Å²) in [4.78, 5) is 52.4. The number of hydrogen-bond acceptors (Lipinski definition) is 6. The molecule has 0 rings (SSSR count). The number of amides is 4. The molecular weight excluding hydrogens is 428 g/mol. The van der Waals surface area contributed by atoms with Gasteiger partial charge in [-0.3, -0.25) is 24.1 Å². The van der Waals surface area contributed by atoms with Crippen LogP contribution in [0, 0.1) is 17.3 Å². The van der Waals surface area contributed by atoms with Crippen LogP contribution in [0.15, 0.2) is 5.11 Å². The van der Waals surface area contributed by atoms with Crippen LogP contribution in [-0.2, 0) is 19.2 Å². The zero-order valence-corrected chi connectivity index (χ0v) is 20.5. The van der Waals surface area contributed by atoms with Crippen molar-refractivity contribution in [1.29, 1.82) is 0 Å². The number of primary amides is 2. The Hall–Kier alpha value is -2.85. The van der Waals surface area contributed by atoms with Gasteiger partial charge in [0, 0.05) is 29.8 Å². The number of nitrogens with one attached hydrogen (secondary N) is 2. The van der Waals surface area contributed by atoms with E-state index in [1.165, 1.54) is 0 Å². The van der Waals surface area contributed by atoms with Crippen molar-refractivity contribution in [3.8, 4) is 0 Å². The number of carbonyl (C=O) groups is 4. The molecule has 0 aliphatic carbocycles. The smallest absolute Gasteiger partial charge is 0.234 e. The highest BCUT2D eigenvalue weighted by Gasteiger charge is 2.36. The minimum absolute atomic E-state index is 0.186. The van der Waals surface area contributed by atoms with Gasteiger partial charge in [-0.25, -0.2) is 0 Å². The number of likely N-dealkylation sites (N-methyl/N-ethyl adjacent to an activating group) is 1. The Morgan fingerprint density at radius 1 is 0.970 bits per heavy atom. The molecule has 0 aliphatic heterocycles. The molecule has 4 amide bonds. The summed E-state index contributed by atoms with van der Waals surface area (Å²) in [5.41, 5.74) is 18.9. The number of rotatable bonds is 16. The van der Waals surface area contributed by atoms with Crippen molar-refractivity contribution in [3.63, 3.8) is 0 Å². The zero-order valence-electron chi connectivity index (χ0n) is 20.5. The third kappa shape index (κ3) is 12.7. The lowest BCUT2D eigenvalue weighted by molar-refractivity contribution is -0.130. The molecule has 0 aromatic rings. The van der Waals surface area contributed by atoms with Crippen molar-refractivity contribution in [3.05, 3.63) is 10.4 Å². The first kappa shape index (κ1) is 30.1. The first-order valence-corrected chi connectivity index (χ1v) is 11.1. The maximum Gasteiger partial charge on any atom is 0.234 e. The summed E-state index contributed by atoms with van der Waals surface area (Å²) in [7, 11) is 3.43. The molecule has 188 valence electrons. The number of carbonyl (C=O) groups excluding carboxylic acids is 4. The third-order valence-electron chi connectivity index (χ3n) is 5.49. The Balaban J connectivity index is 4.89. The summed E-state index contributed by atoms with van der Waals surface area (Å²) in [5.74, 6) is -2.76. The summed E-state index contributed by atoms with van der Waals surface area (Å²) in [6.45, 7) is 6.31. The fraction of sp³-hybridized carbons (Fsp3) is 0.810. The average Bonchev–Trinajstić information content (AvgIpc) is 2.69. The van der Waals surface area contributed by atoms with Gasteiger partial charge in [0.15, 0.2) is 0 Å². The zero-order chi connectivity index (χ0) is 25.6. The largest absolute Gasteiger partial charge is 0.369 e. The second kappa shape index (κ2) is 15.1. The van der Waals surface area contributed by atoms with E-state index in [1.54, 1.807) is 19.0 Å². The highest BCUT2D eigenvalue weighted by atomic mass is 16.2. The minimum atomic E-state index is -0.650. The standard InChI is InChI=1S/C21H40N8O4/c1-21(2,3)15(18(22)31)11-14(12-16(19(23)32)29(4)5)20(33)26-10-8-6-7-9-25-17(30)13-27-28-24/h14-16H,6-13H2,1-5H3,(H2,22,31)(H2,23,32)(H,25,30)(H,26,33). The molecular formula is C21H40N8O4. The van der Waals surface area contributed by atoms with Crippen molar-refractivity contribution in [2.45, 2.75) is 58.9 Å². The van der Waals surface area contributed by atoms with Gasteiger partial charge in [-0.15, -0.1) is 0 Å². The Labute approximate surface area is 195 Å². The lowest BCUT2D eigenvalue weighted by Gasteiger charge is -2.32. The van der Waals surface area contributed by atoms with Gasteiger partial charge >= 0.3 is 0 Å². The summed E-state index contributed by atoms with van der Waals surface area (Å²) in [5, 5.41) is 8.71. The van der Waals surface area contributed by atoms with Gasteiger partial charge in [0.05, 0.1) is 6.04 Å². The van der Waals surface area contributed by atoms with E-state index in [1.807, 2.05) is 20.8 Å². The SMILES string of the molecule is CN(C)C(CC(CC(C(N)=O)C(C)(C)C)C(=O)NCCCCCNC(=O)CN=[N+]=[N-])C(N)=O. The number of nitrogens with zero attached hydrogens (tertiary/aromatic N) is 4. The van der Waals surface area contributed by atoms with E-state index in [9.17, 15) is 19.2 Å². The molecule has 0 spiro atoms. The van der Waals surface area contributed by atoms with Crippen LogP contribution in [0.1, 0.15) is 52.9 Å². The molecule has 0 saturated carbocycles. The van der Waals surface area contributed by atoms with Crippen LogP contribution in [0.4, 0.5) is 0 Å². The Bertz CT molecular complexity index is 714. The molecule has 12 nitrogen and oxygen atoms in total. The van der Waals surface area contributed by atoms with Crippen LogP contribution < -0.4 is 22.1 Å². The van der Waals surface area contributed by atoms with E-state index in [4.69, 9.17) is 17.0 Å². The van der Waals surface area contributed by atoms with Gasteiger partial charge < -0.3 is 22.1 Å². The molecule has 0 aliphatic rings. The van der Waals surface area contributed by atoms with Crippen molar-refractivity contribution in [2.24, 2.45) is 33.8 Å². The van der Waals surface area contributed by atoms with E-state index in [0.717, 1.165) is 6.42 Å². The maximum absolute atomic E-state index is 13.0. The molecule has 0 bridgehead atoms. The van der Waals surface area contributed by atoms with Crippen molar-refractivity contribution < 1.29 is 19.2 Å². The molecule has 0 saturated heterocycles. The monoisotopic (exact) mass is 468 g/mol. The molecule has 0 aromatic carbocycles. The van der Waals surface area contributed by atoms with Crippen LogP contribution in [0.25, 0.3) is 10.4 Å². The molecule has 0 fully saturated rings. The van der Waals surface area contributed by atoms with Gasteiger partial charge in [-0.05, 0) is 57.1 Å². The van der Waals surface area contributed by atoms with E-state index in [0.29, 0.717) is 25.9 Å². The van der Waals surface area contributed by atoms with Crippen LogP contribution >= 0.6 is 0 Å². The molecule has 33 heavy (non-hydrogen) atoms. The van der Waals surface area contributed by atoms with E-state index in [-0.39, 0.29) is 31.2 Å². The average molecular weight is 469 g/mol. The summed E-state index contributed by atoms with van der Waals surface area (Å²) < 4.78 is 0. The normalized spacial score (nSPS) is 14.0. The fourth-order valence-corrected chi connectivity index (χ4v) is 3.50. The Morgan fingerprint density at radius 2 is 1.55 bits per heavy atom. The Kier molecular flexibility index (Phi) is 13.8. The number of unbranched alkanes of at least 4 members (excludes halogenated alkanes) is 2. The lowest BCUT2D eigenvalue weighted by atomic mass is 9.74. The summed E-state index contributed by atoms with van der Waals surface area (Å²) in [6.07, 6.45) is 2.57. The quantitative estimate of drug-likeness (QED) is 0.111. The van der Waals surface area contributed by atoms with Crippen LogP contribution in [-0.4, -0.2) is 68.3 Å². The molecule has 12 heteroatoms. The first-order chi connectivity index (χ1) is 15.3. The second-order valence-electron chi connectivity index (χ2n) is 9.46. The van der Waals surface area contributed by atoms with Crippen LogP contribution in [0.2, 0.25) is 0 Å². The highest BCUT2D eigenvalue weighted by molar-refractivity contribution is 5.84. The number of nitrogens with two attached hydrogens (primary N) is 2. The van der Waals surface area contributed by atoms with Gasteiger partial charge in [0.25, 0.3) is 0 Å². The predicted molar refractivity (Wildman–Crippen MR) is 125 cm³/mol. The van der Waals surface area contributed by atoms with E-state index in [2.05, 4.69) is 20.7 Å². The predicted octanol–water partition coefficient (Wildman–Crippen LogP) is 0.659. The number of azide groups is 1. The highest BCUT2D eigenvalue weighted by Crippen LogP contribution is 2.33. The molecule has 0 heterocycles. The molecule has 3 atom stereocenters. The lowest BCUT2D eigenvalue weighted by Crippen LogP contribution is -2.46. The van der Waals surface area contributed by atoms with Crippen molar-refractivity contribution in [1.82, 2.24) is 15.5 Å². The Morgan fingerprint density at radius 3 is 2.00 bits per heavy atom. The topological polar surface area (TPSA) is 196 Å². The third-order valence-corrected chi connectivity index (χ3v) is 5.49. The van der Waals surface area contributed by atoms with Gasteiger partial charge in [-0.1, -0.05) is 25.9 Å². The second-order valence-corrected chi connectivity index (χ2v) is 9.46. The molecule has 3 unspecified atom stereocenters. The van der Waals surface area contributed by atoms with Gasteiger partial charge in [0.1, 0.15) is 6.54 Å². The first-order valence-electron chi connectivity index (χ1n) is 11.1. The van der Waals surface area contributed by atoms with E-state index < -0.39 is 35.1 Å². The fourth-order valence-electron chi connectivity index (χ4n) is 3.50. The molecule has 0 radical (unpaired) electrons. The summed E-state index contributed by atoms with van der Waals surface area (Å²) in [6, 6.07) is -0.650. The molecule has 0 aromatic heterocycles. The van der Waals surface area contributed by atoms with Gasteiger partial charge in [0.2, 0.25) is 23.6 Å². The van der Waals surface area contributed by atoms with E-state index >= 15 is 0 Å².